The summed E-state index contributed by atoms with van der Waals surface area (Å²) in [7, 11) is 0. The molecule has 0 aliphatic carbocycles. The zero-order chi connectivity index (χ0) is 7.98. The minimum absolute atomic E-state index is 0.0830. The SMILES string of the molecule is C=N/C(CN)=C(F)\C=C/C. The van der Waals surface area contributed by atoms with Crippen molar-refractivity contribution in [3.05, 3.63) is 23.7 Å². The fourth-order valence-electron chi connectivity index (χ4n) is 0.480. The third kappa shape index (κ3) is 2.55. The minimum Gasteiger partial charge on any atom is -0.325 e. The van der Waals surface area contributed by atoms with Gasteiger partial charge in [0.25, 0.3) is 0 Å². The molecule has 0 rings (SSSR count). The van der Waals surface area contributed by atoms with Crippen LogP contribution in [0, 0.1) is 0 Å². The van der Waals surface area contributed by atoms with Gasteiger partial charge < -0.3 is 5.73 Å². The lowest BCUT2D eigenvalue weighted by atomic mass is 10.3. The van der Waals surface area contributed by atoms with Crippen molar-refractivity contribution in [3.8, 4) is 0 Å². The fraction of sp³-hybridized carbons (Fsp3) is 0.286. The van der Waals surface area contributed by atoms with Gasteiger partial charge in [0.05, 0.1) is 5.70 Å². The van der Waals surface area contributed by atoms with Crippen molar-refractivity contribution >= 4 is 6.72 Å². The van der Waals surface area contributed by atoms with E-state index < -0.39 is 5.83 Å². The van der Waals surface area contributed by atoms with Gasteiger partial charge in [0, 0.05) is 6.54 Å². The van der Waals surface area contributed by atoms with Crippen LogP contribution >= 0.6 is 0 Å². The monoisotopic (exact) mass is 142 g/mol. The van der Waals surface area contributed by atoms with Crippen LogP contribution in [0.5, 0.6) is 0 Å². The maximum absolute atomic E-state index is 12.6. The second-order valence-electron chi connectivity index (χ2n) is 1.66. The Balaban J connectivity index is 4.42. The number of nitrogens with two attached hydrogens (primary N) is 1. The van der Waals surface area contributed by atoms with Crippen molar-refractivity contribution in [1.82, 2.24) is 0 Å². The van der Waals surface area contributed by atoms with Crippen LogP contribution in [-0.4, -0.2) is 13.3 Å². The Labute approximate surface area is 60.0 Å². The lowest BCUT2D eigenvalue weighted by Gasteiger charge is -1.94. The highest BCUT2D eigenvalue weighted by Gasteiger charge is 1.96. The van der Waals surface area contributed by atoms with Crippen LogP contribution in [0.3, 0.4) is 0 Å². The number of rotatable bonds is 3. The summed E-state index contributed by atoms with van der Waals surface area (Å²) in [5, 5.41) is 0. The fourth-order valence-corrected chi connectivity index (χ4v) is 0.480. The molecule has 0 fully saturated rings. The van der Waals surface area contributed by atoms with Crippen molar-refractivity contribution in [2.24, 2.45) is 10.7 Å². The van der Waals surface area contributed by atoms with Crippen molar-refractivity contribution in [1.29, 1.82) is 0 Å². The standard InChI is InChI=1S/C7H11FN2/c1-3-4-6(8)7(5-9)10-2/h3-4H,2,5,9H2,1H3/b4-3-,7-6+. The van der Waals surface area contributed by atoms with Crippen molar-refractivity contribution in [2.75, 3.05) is 6.54 Å². The first-order valence-corrected chi connectivity index (χ1v) is 2.94. The molecule has 0 saturated carbocycles. The Morgan fingerprint density at radius 2 is 2.40 bits per heavy atom. The van der Waals surface area contributed by atoms with E-state index in [2.05, 4.69) is 11.7 Å². The van der Waals surface area contributed by atoms with Gasteiger partial charge in [-0.3, -0.25) is 4.99 Å². The Morgan fingerprint density at radius 3 is 2.70 bits per heavy atom. The van der Waals surface area contributed by atoms with E-state index in [-0.39, 0.29) is 12.2 Å². The van der Waals surface area contributed by atoms with Crippen LogP contribution in [0.15, 0.2) is 28.7 Å². The van der Waals surface area contributed by atoms with Gasteiger partial charge in [-0.2, -0.15) is 0 Å². The van der Waals surface area contributed by atoms with Crippen LogP contribution in [0.1, 0.15) is 6.92 Å². The van der Waals surface area contributed by atoms with E-state index in [1.807, 2.05) is 0 Å². The van der Waals surface area contributed by atoms with E-state index in [0.29, 0.717) is 0 Å². The van der Waals surface area contributed by atoms with E-state index in [4.69, 9.17) is 5.73 Å². The third-order valence-corrected chi connectivity index (χ3v) is 0.973. The van der Waals surface area contributed by atoms with Crippen molar-refractivity contribution in [2.45, 2.75) is 6.92 Å². The molecule has 0 atom stereocenters. The van der Waals surface area contributed by atoms with Gasteiger partial charge in [0.2, 0.25) is 0 Å². The number of nitrogens with zero attached hydrogens (tertiary/aromatic N) is 1. The Hall–Kier alpha value is -0.960. The number of halogens is 1. The quantitative estimate of drug-likeness (QED) is 0.469. The molecule has 0 aliphatic heterocycles. The van der Waals surface area contributed by atoms with Crippen LogP contribution in [0.2, 0.25) is 0 Å². The predicted octanol–water partition coefficient (Wildman–Crippen LogP) is 1.40. The molecule has 10 heavy (non-hydrogen) atoms. The van der Waals surface area contributed by atoms with Crippen LogP contribution in [-0.2, 0) is 0 Å². The molecule has 0 bridgehead atoms. The first-order valence-electron chi connectivity index (χ1n) is 2.94. The Kier molecular flexibility index (Phi) is 4.41. The largest absolute Gasteiger partial charge is 0.325 e. The van der Waals surface area contributed by atoms with Gasteiger partial charge in [0.15, 0.2) is 0 Å². The number of hydrogen-bond donors (Lipinski definition) is 1. The highest BCUT2D eigenvalue weighted by molar-refractivity contribution is 5.32. The zero-order valence-electron chi connectivity index (χ0n) is 5.97. The summed E-state index contributed by atoms with van der Waals surface area (Å²) in [6.45, 7) is 4.98. The molecular weight excluding hydrogens is 131 g/mol. The molecule has 0 heterocycles. The molecule has 2 nitrogen and oxygen atoms in total. The minimum atomic E-state index is -0.417. The smallest absolute Gasteiger partial charge is 0.145 e. The van der Waals surface area contributed by atoms with Crippen LogP contribution < -0.4 is 5.73 Å². The second-order valence-corrected chi connectivity index (χ2v) is 1.66. The highest BCUT2D eigenvalue weighted by Crippen LogP contribution is 2.06. The average molecular weight is 142 g/mol. The van der Waals surface area contributed by atoms with Gasteiger partial charge in [-0.1, -0.05) is 6.08 Å². The molecule has 0 aromatic heterocycles. The molecule has 0 saturated heterocycles. The summed E-state index contributed by atoms with van der Waals surface area (Å²) >= 11 is 0. The summed E-state index contributed by atoms with van der Waals surface area (Å²) in [4.78, 5) is 3.40. The molecule has 0 aromatic carbocycles. The average Bonchev–Trinajstić information content (AvgIpc) is 1.91. The molecule has 0 aromatic rings. The summed E-state index contributed by atoms with van der Waals surface area (Å²) in [5.41, 5.74) is 5.34. The van der Waals surface area contributed by atoms with Crippen LogP contribution in [0.4, 0.5) is 4.39 Å². The van der Waals surface area contributed by atoms with Crippen molar-refractivity contribution in [3.63, 3.8) is 0 Å². The number of allylic oxidation sites excluding steroid dienone is 3. The molecular formula is C7H11FN2. The molecule has 0 spiro atoms. The molecule has 2 N–H and O–H groups in total. The topological polar surface area (TPSA) is 38.4 Å². The van der Waals surface area contributed by atoms with Gasteiger partial charge >= 0.3 is 0 Å². The Bertz CT molecular complexity index is 170. The zero-order valence-corrected chi connectivity index (χ0v) is 5.97. The first-order chi connectivity index (χ1) is 4.76. The van der Waals surface area contributed by atoms with Gasteiger partial charge in [-0.25, -0.2) is 4.39 Å². The number of hydrogen-bond acceptors (Lipinski definition) is 2. The van der Waals surface area contributed by atoms with Crippen LogP contribution in [0.25, 0.3) is 0 Å². The molecule has 0 aliphatic rings. The van der Waals surface area contributed by atoms with E-state index >= 15 is 0 Å². The molecule has 0 amide bonds. The van der Waals surface area contributed by atoms with E-state index in [0.717, 1.165) is 0 Å². The highest BCUT2D eigenvalue weighted by atomic mass is 19.1. The lowest BCUT2D eigenvalue weighted by molar-refractivity contribution is 0.648. The normalized spacial score (nSPS) is 13.5. The molecule has 0 unspecified atom stereocenters. The van der Waals surface area contributed by atoms with Gasteiger partial charge in [0.1, 0.15) is 5.83 Å². The number of aliphatic imine (C=N–C) groups is 1. The predicted molar refractivity (Wildman–Crippen MR) is 41.6 cm³/mol. The summed E-state index contributed by atoms with van der Waals surface area (Å²) < 4.78 is 12.6. The van der Waals surface area contributed by atoms with E-state index in [1.54, 1.807) is 13.0 Å². The summed E-state index contributed by atoms with van der Waals surface area (Å²) in [6, 6.07) is 0. The maximum Gasteiger partial charge on any atom is 0.145 e. The third-order valence-electron chi connectivity index (χ3n) is 0.973. The van der Waals surface area contributed by atoms with Gasteiger partial charge in [-0.05, 0) is 19.7 Å². The molecule has 3 heteroatoms. The maximum atomic E-state index is 12.6. The molecule has 0 radical (unpaired) electrons. The summed E-state index contributed by atoms with van der Waals surface area (Å²) in [6.07, 6.45) is 2.88. The summed E-state index contributed by atoms with van der Waals surface area (Å²) in [5.74, 6) is -0.417. The van der Waals surface area contributed by atoms with E-state index in [1.165, 1.54) is 6.08 Å². The second kappa shape index (κ2) is 4.88. The Morgan fingerprint density at radius 1 is 1.80 bits per heavy atom. The van der Waals surface area contributed by atoms with Crippen molar-refractivity contribution < 1.29 is 4.39 Å². The van der Waals surface area contributed by atoms with Gasteiger partial charge in [-0.15, -0.1) is 0 Å². The molecule has 56 valence electrons. The lowest BCUT2D eigenvalue weighted by Crippen LogP contribution is -2.01. The van der Waals surface area contributed by atoms with E-state index in [9.17, 15) is 4.39 Å². The first kappa shape index (κ1) is 9.04.